The molecule has 0 aromatic rings. The number of phosphoric ester groups is 2. The zero-order chi connectivity index (χ0) is 73.2. The van der Waals surface area contributed by atoms with E-state index in [2.05, 4.69) is 137 Å². The van der Waals surface area contributed by atoms with Gasteiger partial charge in [0.05, 0.1) is 26.4 Å². The second-order valence-corrected chi connectivity index (χ2v) is 28.8. The molecular weight excluding hydrogens is 1310 g/mol. The minimum Gasteiger partial charge on any atom is -0.462 e. The SMILES string of the molecule is CC/C=C\C/C=C\C/C=C\C/C=C\CCCCC(=O)OCC(COP(=O)(O)OCC(O)COP(=O)(O)OCC(COC(=O)CCCCCCCC/C=C\C/C=C\C/C=C\CCCCC)OC(=O)CCCCCCC/C=C\C/C=C\CCC)OC(=O)CCCCCCCCCCCCCCC. The molecule has 0 aliphatic heterocycles. The second kappa shape index (κ2) is 73.0. The summed E-state index contributed by atoms with van der Waals surface area (Å²) in [6.45, 7) is 4.61. The fraction of sp³-hybridized carbons (Fsp3) is 0.728. The maximum atomic E-state index is 13.1. The van der Waals surface area contributed by atoms with Crippen molar-refractivity contribution in [1.29, 1.82) is 0 Å². The van der Waals surface area contributed by atoms with E-state index in [0.29, 0.717) is 25.7 Å². The Labute approximate surface area is 607 Å². The molecule has 0 aliphatic rings. The minimum atomic E-state index is -4.98. The highest BCUT2D eigenvalue weighted by Crippen LogP contribution is 2.45. The molecule has 0 saturated carbocycles. The highest BCUT2D eigenvalue weighted by molar-refractivity contribution is 7.47. The van der Waals surface area contributed by atoms with Crippen LogP contribution in [0.4, 0.5) is 0 Å². The maximum Gasteiger partial charge on any atom is 0.472 e. The number of esters is 4. The quantitative estimate of drug-likeness (QED) is 0.0169. The molecule has 0 bridgehead atoms. The van der Waals surface area contributed by atoms with Crippen LogP contribution < -0.4 is 0 Å². The van der Waals surface area contributed by atoms with E-state index in [1.54, 1.807) is 0 Å². The third kappa shape index (κ3) is 72.1. The Morgan fingerprint density at radius 3 is 0.880 bits per heavy atom. The standard InChI is InChI=1S/C81H140O17P2/c1-5-9-13-17-21-25-29-33-35-36-37-38-40-44-46-50-54-58-62-66-79(84)92-72-77(98-81(86)68-64-60-56-52-48-42-32-28-24-20-16-12-8-4)74-96-100(89,90)94-70-75(82)69-93-99(87,88)95-73-76(97-80(85)67-63-59-55-51-47-41-31-27-23-19-15-11-7-3)71-91-78(83)65-61-57-53-49-45-43-39-34-30-26-22-18-14-10-6-2/h10,14,16,20-22,25-26,28,32-35,37-39,45,49,75-77,82H,5-9,11-13,15,17-19,23-24,27,29-31,36,40-44,46-48,50-74H2,1-4H3,(H,87,88)(H,89,90)/b14-10-,20-16-,25-21-,26-22-,32-28-,35-33-,38-37-,39-34-,49-45-. The molecule has 19 heteroatoms. The first kappa shape index (κ1) is 95.7. The second-order valence-electron chi connectivity index (χ2n) is 25.9. The lowest BCUT2D eigenvalue weighted by atomic mass is 10.0. The number of aliphatic hydroxyl groups is 1. The Hall–Kier alpha value is -4.28. The van der Waals surface area contributed by atoms with E-state index in [0.717, 1.165) is 173 Å². The summed E-state index contributed by atoms with van der Waals surface area (Å²) in [5, 5.41) is 10.6. The van der Waals surface area contributed by atoms with Gasteiger partial charge in [-0.2, -0.15) is 0 Å². The number of allylic oxidation sites excluding steroid dienone is 18. The largest absolute Gasteiger partial charge is 0.472 e. The molecule has 3 N–H and O–H groups in total. The van der Waals surface area contributed by atoms with Gasteiger partial charge in [0.25, 0.3) is 0 Å². The number of ether oxygens (including phenoxy) is 4. The molecule has 5 unspecified atom stereocenters. The van der Waals surface area contributed by atoms with Crippen LogP contribution in [0.1, 0.15) is 323 Å². The summed E-state index contributed by atoms with van der Waals surface area (Å²) in [4.78, 5) is 72.9. The van der Waals surface area contributed by atoms with Gasteiger partial charge in [-0.3, -0.25) is 37.3 Å². The van der Waals surface area contributed by atoms with Crippen LogP contribution in [0.15, 0.2) is 109 Å². The molecule has 5 atom stereocenters. The maximum absolute atomic E-state index is 13.1. The first-order valence-electron chi connectivity index (χ1n) is 39.1. The summed E-state index contributed by atoms with van der Waals surface area (Å²) >= 11 is 0. The minimum absolute atomic E-state index is 0.0742. The summed E-state index contributed by atoms with van der Waals surface area (Å²) in [5.74, 6) is -2.24. The molecule has 17 nitrogen and oxygen atoms in total. The Morgan fingerprint density at radius 2 is 0.540 bits per heavy atom. The lowest BCUT2D eigenvalue weighted by Gasteiger charge is -2.21. The molecule has 0 radical (unpaired) electrons. The van der Waals surface area contributed by atoms with Crippen molar-refractivity contribution in [3.8, 4) is 0 Å². The van der Waals surface area contributed by atoms with Crippen LogP contribution in [0.25, 0.3) is 0 Å². The Kier molecular flexibility index (Phi) is 69.9. The van der Waals surface area contributed by atoms with Crippen LogP contribution in [0.3, 0.4) is 0 Å². The predicted octanol–water partition coefficient (Wildman–Crippen LogP) is 22.6. The third-order valence-corrected chi connectivity index (χ3v) is 18.1. The van der Waals surface area contributed by atoms with Crippen molar-refractivity contribution in [2.24, 2.45) is 0 Å². The van der Waals surface area contributed by atoms with E-state index >= 15 is 0 Å². The van der Waals surface area contributed by atoms with Gasteiger partial charge >= 0.3 is 39.5 Å². The fourth-order valence-electron chi connectivity index (χ4n) is 10.3. The number of carbonyl (C=O) groups excluding carboxylic acids is 4. The fourth-order valence-corrected chi connectivity index (χ4v) is 11.8. The Morgan fingerprint density at radius 1 is 0.290 bits per heavy atom. The molecule has 0 aromatic heterocycles. The Bertz CT molecular complexity index is 2320. The number of rotatable bonds is 73. The molecule has 0 aromatic carbocycles. The van der Waals surface area contributed by atoms with Gasteiger partial charge in [0.2, 0.25) is 0 Å². The molecule has 0 fully saturated rings. The first-order chi connectivity index (χ1) is 48.7. The van der Waals surface area contributed by atoms with Crippen LogP contribution in [0.5, 0.6) is 0 Å². The van der Waals surface area contributed by atoms with Gasteiger partial charge in [0.15, 0.2) is 12.2 Å². The molecule has 0 spiro atoms. The highest BCUT2D eigenvalue weighted by atomic mass is 31.2. The van der Waals surface area contributed by atoms with Crippen LogP contribution in [-0.4, -0.2) is 96.7 Å². The molecule has 0 amide bonds. The van der Waals surface area contributed by atoms with Crippen LogP contribution >= 0.6 is 15.6 Å². The van der Waals surface area contributed by atoms with Gasteiger partial charge in [-0.25, -0.2) is 9.13 Å². The van der Waals surface area contributed by atoms with E-state index in [1.807, 2.05) is 0 Å². The lowest BCUT2D eigenvalue weighted by Crippen LogP contribution is -2.30. The number of carbonyl (C=O) groups is 4. The topological polar surface area (TPSA) is 237 Å². The van der Waals surface area contributed by atoms with E-state index < -0.39 is 97.5 Å². The van der Waals surface area contributed by atoms with Crippen molar-refractivity contribution in [2.75, 3.05) is 39.6 Å². The van der Waals surface area contributed by atoms with Crippen LogP contribution in [0.2, 0.25) is 0 Å². The van der Waals surface area contributed by atoms with Gasteiger partial charge in [-0.15, -0.1) is 0 Å². The Balaban J connectivity index is 5.36. The number of hydrogen-bond donors (Lipinski definition) is 3. The van der Waals surface area contributed by atoms with Crippen LogP contribution in [0, 0.1) is 0 Å². The van der Waals surface area contributed by atoms with E-state index in [4.69, 9.17) is 37.0 Å². The molecule has 0 heterocycles. The van der Waals surface area contributed by atoms with Crippen molar-refractivity contribution < 1.29 is 80.2 Å². The van der Waals surface area contributed by atoms with Crippen molar-refractivity contribution in [1.82, 2.24) is 0 Å². The van der Waals surface area contributed by atoms with E-state index in [-0.39, 0.29) is 25.7 Å². The van der Waals surface area contributed by atoms with Gasteiger partial charge in [-0.05, 0) is 128 Å². The summed E-state index contributed by atoms with van der Waals surface area (Å²) in [5.41, 5.74) is 0. The zero-order valence-electron chi connectivity index (χ0n) is 62.8. The van der Waals surface area contributed by atoms with Gasteiger partial charge < -0.3 is 33.8 Å². The number of phosphoric acid groups is 2. The smallest absolute Gasteiger partial charge is 0.462 e. The summed E-state index contributed by atoms with van der Waals surface area (Å²) < 4.78 is 68.5. The average molecular weight is 1450 g/mol. The molecule has 0 rings (SSSR count). The number of hydrogen-bond acceptors (Lipinski definition) is 15. The summed E-state index contributed by atoms with van der Waals surface area (Å²) in [7, 11) is -9.97. The molecule has 576 valence electrons. The zero-order valence-corrected chi connectivity index (χ0v) is 64.6. The van der Waals surface area contributed by atoms with Gasteiger partial charge in [-0.1, -0.05) is 278 Å². The average Bonchev–Trinajstić information content (AvgIpc) is 0.936. The summed E-state index contributed by atoms with van der Waals surface area (Å²) in [6, 6.07) is 0. The predicted molar refractivity (Wildman–Crippen MR) is 408 cm³/mol. The van der Waals surface area contributed by atoms with Gasteiger partial charge in [0.1, 0.15) is 19.3 Å². The van der Waals surface area contributed by atoms with E-state index in [9.17, 15) is 43.2 Å². The summed E-state index contributed by atoms with van der Waals surface area (Å²) in [6.07, 6.45) is 77.9. The normalized spacial score (nSPS) is 14.5. The van der Waals surface area contributed by atoms with Crippen LogP contribution in [-0.2, 0) is 65.4 Å². The molecule has 0 aliphatic carbocycles. The van der Waals surface area contributed by atoms with Crippen molar-refractivity contribution in [3.05, 3.63) is 109 Å². The highest BCUT2D eigenvalue weighted by Gasteiger charge is 2.30. The van der Waals surface area contributed by atoms with Crippen molar-refractivity contribution >= 4 is 39.5 Å². The van der Waals surface area contributed by atoms with Crippen molar-refractivity contribution in [3.63, 3.8) is 0 Å². The molecule has 0 saturated heterocycles. The van der Waals surface area contributed by atoms with E-state index in [1.165, 1.54) is 70.6 Å². The first-order valence-corrected chi connectivity index (χ1v) is 42.1. The third-order valence-electron chi connectivity index (χ3n) is 16.2. The molecule has 100 heavy (non-hydrogen) atoms. The monoisotopic (exact) mass is 1450 g/mol. The van der Waals surface area contributed by atoms with Gasteiger partial charge in [0, 0.05) is 25.7 Å². The molecular formula is C81H140O17P2. The van der Waals surface area contributed by atoms with Crippen molar-refractivity contribution in [2.45, 2.75) is 341 Å². The number of unbranched alkanes of at least 4 members (excludes halogenated alkanes) is 29. The number of aliphatic hydroxyl groups excluding tert-OH is 1. The lowest BCUT2D eigenvalue weighted by molar-refractivity contribution is -0.161.